The molecule has 0 spiro atoms. The van der Waals surface area contributed by atoms with Crippen LogP contribution in [0, 0.1) is 0 Å². The predicted octanol–water partition coefficient (Wildman–Crippen LogP) is 3.40. The summed E-state index contributed by atoms with van der Waals surface area (Å²) in [4.78, 5) is 12.1. The third-order valence-electron chi connectivity index (χ3n) is 3.85. The van der Waals surface area contributed by atoms with Gasteiger partial charge in [-0.25, -0.2) is 0 Å². The van der Waals surface area contributed by atoms with Crippen molar-refractivity contribution in [3.05, 3.63) is 42.0 Å². The van der Waals surface area contributed by atoms with Crippen molar-refractivity contribution in [3.8, 4) is 5.75 Å². The summed E-state index contributed by atoms with van der Waals surface area (Å²) in [5.74, 6) is 0.733. The van der Waals surface area contributed by atoms with Gasteiger partial charge in [-0.1, -0.05) is 31.5 Å². The maximum atomic E-state index is 12.1. The molecule has 0 bridgehead atoms. The van der Waals surface area contributed by atoms with Gasteiger partial charge in [-0.05, 0) is 47.9 Å². The Balaban J connectivity index is 0.00000264. The molecule has 2 rings (SSSR count). The molecule has 3 N–H and O–H groups in total. The monoisotopic (exact) mass is 336 g/mol. The maximum absolute atomic E-state index is 12.1. The Morgan fingerprint density at radius 2 is 1.87 bits per heavy atom. The van der Waals surface area contributed by atoms with Gasteiger partial charge in [0.05, 0.1) is 12.6 Å². The Morgan fingerprint density at radius 1 is 1.22 bits per heavy atom. The molecule has 2 aromatic carbocycles. The Morgan fingerprint density at radius 3 is 2.52 bits per heavy atom. The van der Waals surface area contributed by atoms with Gasteiger partial charge < -0.3 is 15.8 Å². The predicted molar refractivity (Wildman–Crippen MR) is 97.1 cm³/mol. The SMILES string of the molecule is CCCC(C)(N)C(=O)NCc1ccc2cc(OC)ccc2c1.Cl. The van der Waals surface area contributed by atoms with Crippen LogP contribution in [-0.4, -0.2) is 18.6 Å². The minimum absolute atomic E-state index is 0. The standard InChI is InChI=1S/C18H24N2O2.ClH/c1-4-9-18(2,19)17(21)20-12-13-5-6-15-11-16(22-3)8-7-14(15)10-13;/h5-8,10-11H,4,9,12,19H2,1-3H3,(H,20,21);1H. The fourth-order valence-corrected chi connectivity index (χ4v) is 2.53. The number of fused-ring (bicyclic) bond motifs is 1. The first kappa shape index (κ1) is 19.3. The molecule has 0 radical (unpaired) electrons. The summed E-state index contributed by atoms with van der Waals surface area (Å²) in [5, 5.41) is 5.16. The molecule has 0 aliphatic heterocycles. The smallest absolute Gasteiger partial charge is 0.240 e. The van der Waals surface area contributed by atoms with E-state index in [2.05, 4.69) is 11.4 Å². The zero-order valence-corrected chi connectivity index (χ0v) is 14.7. The number of nitrogens with two attached hydrogens (primary N) is 1. The Labute approximate surface area is 143 Å². The summed E-state index contributed by atoms with van der Waals surface area (Å²) >= 11 is 0. The summed E-state index contributed by atoms with van der Waals surface area (Å²) in [5.41, 5.74) is 6.28. The van der Waals surface area contributed by atoms with Crippen molar-refractivity contribution >= 4 is 29.1 Å². The van der Waals surface area contributed by atoms with E-state index in [1.54, 1.807) is 14.0 Å². The Hall–Kier alpha value is -1.78. The molecule has 126 valence electrons. The number of benzene rings is 2. The number of hydrogen-bond donors (Lipinski definition) is 2. The van der Waals surface area contributed by atoms with E-state index in [1.807, 2.05) is 37.3 Å². The largest absolute Gasteiger partial charge is 0.497 e. The minimum atomic E-state index is -0.807. The molecule has 0 aromatic heterocycles. The molecule has 5 heteroatoms. The third-order valence-corrected chi connectivity index (χ3v) is 3.85. The number of nitrogens with one attached hydrogen (secondary N) is 1. The number of methoxy groups -OCH3 is 1. The van der Waals surface area contributed by atoms with Crippen molar-refractivity contribution in [1.82, 2.24) is 5.32 Å². The van der Waals surface area contributed by atoms with Crippen molar-refractivity contribution in [2.24, 2.45) is 5.73 Å². The molecule has 1 unspecified atom stereocenters. The Kier molecular flexibility index (Phi) is 6.85. The van der Waals surface area contributed by atoms with Gasteiger partial charge >= 0.3 is 0 Å². The van der Waals surface area contributed by atoms with Gasteiger partial charge in [0.15, 0.2) is 0 Å². The zero-order chi connectivity index (χ0) is 16.2. The summed E-state index contributed by atoms with van der Waals surface area (Å²) in [6.07, 6.45) is 1.56. The fraction of sp³-hybridized carbons (Fsp3) is 0.389. The van der Waals surface area contributed by atoms with Crippen molar-refractivity contribution < 1.29 is 9.53 Å². The van der Waals surface area contributed by atoms with Crippen LogP contribution in [0.1, 0.15) is 32.3 Å². The number of halogens is 1. The van der Waals surface area contributed by atoms with E-state index in [9.17, 15) is 4.79 Å². The van der Waals surface area contributed by atoms with Gasteiger partial charge in [-0.3, -0.25) is 4.79 Å². The van der Waals surface area contributed by atoms with Crippen molar-refractivity contribution in [3.63, 3.8) is 0 Å². The van der Waals surface area contributed by atoms with Crippen LogP contribution in [-0.2, 0) is 11.3 Å². The van der Waals surface area contributed by atoms with Gasteiger partial charge in [0.25, 0.3) is 0 Å². The van der Waals surface area contributed by atoms with Crippen LogP contribution in [0.15, 0.2) is 36.4 Å². The van der Waals surface area contributed by atoms with Crippen LogP contribution in [0.2, 0.25) is 0 Å². The zero-order valence-electron chi connectivity index (χ0n) is 13.9. The molecule has 0 fully saturated rings. The molecule has 1 amide bonds. The average molecular weight is 337 g/mol. The number of rotatable bonds is 6. The lowest BCUT2D eigenvalue weighted by molar-refractivity contribution is -0.126. The lowest BCUT2D eigenvalue weighted by Gasteiger charge is -2.22. The van der Waals surface area contributed by atoms with Crippen LogP contribution in [0.5, 0.6) is 5.75 Å². The highest BCUT2D eigenvalue weighted by Gasteiger charge is 2.26. The number of hydrogen-bond acceptors (Lipinski definition) is 3. The van der Waals surface area contributed by atoms with Gasteiger partial charge in [0.1, 0.15) is 5.75 Å². The highest BCUT2D eigenvalue weighted by molar-refractivity contribution is 5.86. The Bertz CT molecular complexity index is 671. The molecular weight excluding hydrogens is 312 g/mol. The fourth-order valence-electron chi connectivity index (χ4n) is 2.53. The van der Waals surface area contributed by atoms with E-state index in [0.29, 0.717) is 13.0 Å². The first-order chi connectivity index (χ1) is 10.5. The first-order valence-electron chi connectivity index (χ1n) is 7.60. The van der Waals surface area contributed by atoms with E-state index >= 15 is 0 Å². The molecule has 0 saturated heterocycles. The molecule has 1 atom stereocenters. The highest BCUT2D eigenvalue weighted by atomic mass is 35.5. The van der Waals surface area contributed by atoms with Crippen LogP contribution < -0.4 is 15.8 Å². The van der Waals surface area contributed by atoms with Gasteiger partial charge in [0, 0.05) is 6.54 Å². The minimum Gasteiger partial charge on any atom is -0.497 e. The molecule has 2 aromatic rings. The quantitative estimate of drug-likeness (QED) is 0.849. The lowest BCUT2D eigenvalue weighted by atomic mass is 9.96. The second kappa shape index (κ2) is 8.18. The van der Waals surface area contributed by atoms with Gasteiger partial charge in [-0.2, -0.15) is 0 Å². The molecule has 0 aliphatic carbocycles. The second-order valence-electron chi connectivity index (χ2n) is 5.90. The van der Waals surface area contributed by atoms with E-state index < -0.39 is 5.54 Å². The molecule has 0 aliphatic rings. The summed E-state index contributed by atoms with van der Waals surface area (Å²) in [6, 6.07) is 12.1. The summed E-state index contributed by atoms with van der Waals surface area (Å²) < 4.78 is 5.22. The normalized spacial score (nSPS) is 13.0. The lowest BCUT2D eigenvalue weighted by Crippen LogP contribution is -2.51. The number of carbonyl (C=O) groups is 1. The molecular formula is C18H25ClN2O2. The molecule has 23 heavy (non-hydrogen) atoms. The van der Waals surface area contributed by atoms with E-state index in [4.69, 9.17) is 10.5 Å². The number of amides is 1. The third kappa shape index (κ3) is 4.85. The highest BCUT2D eigenvalue weighted by Crippen LogP contribution is 2.22. The van der Waals surface area contributed by atoms with Crippen LogP contribution >= 0.6 is 12.4 Å². The first-order valence-corrected chi connectivity index (χ1v) is 7.60. The van der Waals surface area contributed by atoms with Crippen molar-refractivity contribution in [1.29, 1.82) is 0 Å². The molecule has 0 saturated carbocycles. The summed E-state index contributed by atoms with van der Waals surface area (Å²) in [7, 11) is 1.66. The maximum Gasteiger partial charge on any atom is 0.240 e. The molecule has 0 heterocycles. The van der Waals surface area contributed by atoms with Gasteiger partial charge in [-0.15, -0.1) is 12.4 Å². The number of ether oxygens (including phenoxy) is 1. The van der Waals surface area contributed by atoms with Crippen LogP contribution in [0.25, 0.3) is 10.8 Å². The average Bonchev–Trinajstić information content (AvgIpc) is 2.51. The summed E-state index contributed by atoms with van der Waals surface area (Å²) in [6.45, 7) is 4.28. The second-order valence-corrected chi connectivity index (χ2v) is 5.90. The topological polar surface area (TPSA) is 64.4 Å². The van der Waals surface area contributed by atoms with Crippen LogP contribution in [0.3, 0.4) is 0 Å². The van der Waals surface area contributed by atoms with Gasteiger partial charge in [0.2, 0.25) is 5.91 Å². The van der Waals surface area contributed by atoms with Crippen LogP contribution in [0.4, 0.5) is 0 Å². The van der Waals surface area contributed by atoms with E-state index in [0.717, 1.165) is 28.5 Å². The van der Waals surface area contributed by atoms with Crippen molar-refractivity contribution in [2.75, 3.05) is 7.11 Å². The number of carbonyl (C=O) groups excluding carboxylic acids is 1. The van der Waals surface area contributed by atoms with E-state index in [1.165, 1.54) is 0 Å². The van der Waals surface area contributed by atoms with E-state index in [-0.39, 0.29) is 18.3 Å². The molecule has 4 nitrogen and oxygen atoms in total. The van der Waals surface area contributed by atoms with Crippen molar-refractivity contribution in [2.45, 2.75) is 38.8 Å².